The van der Waals surface area contributed by atoms with Crippen molar-refractivity contribution in [3.05, 3.63) is 0 Å². The van der Waals surface area contributed by atoms with Crippen molar-refractivity contribution >= 4 is 5.91 Å². The van der Waals surface area contributed by atoms with Gasteiger partial charge in [-0.15, -0.1) is 0 Å². The molecule has 0 bridgehead atoms. The highest BCUT2D eigenvalue weighted by molar-refractivity contribution is 5.76. The molecule has 0 saturated heterocycles. The lowest BCUT2D eigenvalue weighted by Gasteiger charge is -2.30. The van der Waals surface area contributed by atoms with Crippen LogP contribution in [0.4, 0.5) is 0 Å². The lowest BCUT2D eigenvalue weighted by Crippen LogP contribution is -2.37. The van der Waals surface area contributed by atoms with Gasteiger partial charge in [0.25, 0.3) is 0 Å². The Kier molecular flexibility index (Phi) is 5.96. The summed E-state index contributed by atoms with van der Waals surface area (Å²) in [5, 5.41) is 0. The van der Waals surface area contributed by atoms with E-state index in [1.807, 2.05) is 11.9 Å². The Morgan fingerprint density at radius 3 is 2.76 bits per heavy atom. The Balaban J connectivity index is 2.37. The van der Waals surface area contributed by atoms with Gasteiger partial charge in [0.2, 0.25) is 5.91 Å². The molecule has 2 N–H and O–H groups in total. The molecule has 3 heteroatoms. The van der Waals surface area contributed by atoms with Crippen LogP contribution in [0.1, 0.15) is 58.8 Å². The third-order valence-corrected chi connectivity index (χ3v) is 4.05. The zero-order valence-corrected chi connectivity index (χ0v) is 11.6. The molecule has 0 radical (unpaired) electrons. The standard InChI is InChI=1S/C14H28N2O/c1-4-6-11(2)16(3)14(17)10-12-7-5-8-13(15)9-12/h11-13H,4-10,15H2,1-3H3. The highest BCUT2D eigenvalue weighted by atomic mass is 16.2. The molecule has 3 nitrogen and oxygen atoms in total. The lowest BCUT2D eigenvalue weighted by atomic mass is 9.84. The van der Waals surface area contributed by atoms with E-state index in [2.05, 4.69) is 13.8 Å². The van der Waals surface area contributed by atoms with Gasteiger partial charge < -0.3 is 10.6 Å². The number of carbonyl (C=O) groups is 1. The van der Waals surface area contributed by atoms with Crippen molar-refractivity contribution in [3.8, 4) is 0 Å². The summed E-state index contributed by atoms with van der Waals surface area (Å²) in [5.74, 6) is 0.813. The minimum absolute atomic E-state index is 0.296. The highest BCUT2D eigenvalue weighted by Gasteiger charge is 2.24. The Morgan fingerprint density at radius 2 is 2.18 bits per heavy atom. The monoisotopic (exact) mass is 240 g/mol. The summed E-state index contributed by atoms with van der Waals surface area (Å²) in [4.78, 5) is 14.0. The van der Waals surface area contributed by atoms with Gasteiger partial charge in [-0.25, -0.2) is 0 Å². The molecule has 3 unspecified atom stereocenters. The summed E-state index contributed by atoms with van der Waals surface area (Å²) in [7, 11) is 1.94. The first-order chi connectivity index (χ1) is 8.04. The van der Waals surface area contributed by atoms with Crippen LogP contribution >= 0.6 is 0 Å². The molecule has 17 heavy (non-hydrogen) atoms. The van der Waals surface area contributed by atoms with Crippen LogP contribution in [0.25, 0.3) is 0 Å². The molecular weight excluding hydrogens is 212 g/mol. The quantitative estimate of drug-likeness (QED) is 0.802. The lowest BCUT2D eigenvalue weighted by molar-refractivity contribution is -0.133. The third kappa shape index (κ3) is 4.66. The molecule has 0 aliphatic heterocycles. The number of carbonyl (C=O) groups excluding carboxylic acids is 1. The second kappa shape index (κ2) is 7.00. The second-order valence-corrected chi connectivity index (χ2v) is 5.64. The molecule has 0 heterocycles. The topological polar surface area (TPSA) is 46.3 Å². The van der Waals surface area contributed by atoms with Crippen LogP contribution in [0.3, 0.4) is 0 Å². The van der Waals surface area contributed by atoms with E-state index in [9.17, 15) is 4.79 Å². The highest BCUT2D eigenvalue weighted by Crippen LogP contribution is 2.26. The smallest absolute Gasteiger partial charge is 0.222 e. The first-order valence-corrected chi connectivity index (χ1v) is 7.05. The van der Waals surface area contributed by atoms with Crippen molar-refractivity contribution in [1.82, 2.24) is 4.90 Å². The van der Waals surface area contributed by atoms with Crippen LogP contribution in [0, 0.1) is 5.92 Å². The molecular formula is C14H28N2O. The molecule has 3 atom stereocenters. The summed E-state index contributed by atoms with van der Waals surface area (Å²) in [6, 6.07) is 0.685. The molecule has 1 amide bonds. The van der Waals surface area contributed by atoms with E-state index in [1.165, 1.54) is 12.8 Å². The second-order valence-electron chi connectivity index (χ2n) is 5.64. The number of hydrogen-bond acceptors (Lipinski definition) is 2. The molecule has 100 valence electrons. The van der Waals surface area contributed by atoms with Crippen LogP contribution in [-0.2, 0) is 4.79 Å². The van der Waals surface area contributed by atoms with E-state index in [1.54, 1.807) is 0 Å². The molecule has 1 aliphatic carbocycles. The Bertz CT molecular complexity index is 242. The molecule has 0 aromatic carbocycles. The van der Waals surface area contributed by atoms with Crippen molar-refractivity contribution in [2.75, 3.05) is 7.05 Å². The van der Waals surface area contributed by atoms with Crippen LogP contribution in [0.2, 0.25) is 0 Å². The molecule has 1 rings (SSSR count). The van der Waals surface area contributed by atoms with Crippen molar-refractivity contribution < 1.29 is 4.79 Å². The summed E-state index contributed by atoms with van der Waals surface area (Å²) >= 11 is 0. The summed E-state index contributed by atoms with van der Waals surface area (Å²) in [6.45, 7) is 4.29. The van der Waals surface area contributed by atoms with Crippen LogP contribution in [-0.4, -0.2) is 29.9 Å². The molecule has 0 aromatic heterocycles. The van der Waals surface area contributed by atoms with Gasteiger partial charge in [-0.3, -0.25) is 4.79 Å². The first kappa shape index (κ1) is 14.5. The van der Waals surface area contributed by atoms with Crippen molar-refractivity contribution in [1.29, 1.82) is 0 Å². The Labute approximate surface area is 106 Å². The van der Waals surface area contributed by atoms with E-state index >= 15 is 0 Å². The SMILES string of the molecule is CCCC(C)N(C)C(=O)CC1CCCC(N)C1. The molecule has 0 aromatic rings. The normalized spacial score (nSPS) is 26.6. The minimum atomic E-state index is 0.296. The van der Waals surface area contributed by atoms with E-state index in [-0.39, 0.29) is 0 Å². The maximum Gasteiger partial charge on any atom is 0.222 e. The first-order valence-electron chi connectivity index (χ1n) is 7.05. The predicted molar refractivity (Wildman–Crippen MR) is 71.7 cm³/mol. The van der Waals surface area contributed by atoms with Gasteiger partial charge in [-0.05, 0) is 38.5 Å². The molecule has 1 fully saturated rings. The number of amides is 1. The van der Waals surface area contributed by atoms with Gasteiger partial charge >= 0.3 is 0 Å². The van der Waals surface area contributed by atoms with Gasteiger partial charge in [0.15, 0.2) is 0 Å². The molecule has 1 saturated carbocycles. The maximum absolute atomic E-state index is 12.1. The zero-order valence-electron chi connectivity index (χ0n) is 11.6. The van der Waals surface area contributed by atoms with E-state index in [0.717, 1.165) is 25.7 Å². The maximum atomic E-state index is 12.1. The largest absolute Gasteiger partial charge is 0.343 e. The Hall–Kier alpha value is -0.570. The van der Waals surface area contributed by atoms with Gasteiger partial charge in [0, 0.05) is 25.6 Å². The fourth-order valence-corrected chi connectivity index (χ4v) is 2.77. The van der Waals surface area contributed by atoms with Crippen molar-refractivity contribution in [2.24, 2.45) is 11.7 Å². The minimum Gasteiger partial charge on any atom is -0.343 e. The van der Waals surface area contributed by atoms with E-state index < -0.39 is 0 Å². The number of nitrogens with two attached hydrogens (primary N) is 1. The van der Waals surface area contributed by atoms with E-state index in [4.69, 9.17) is 5.73 Å². The van der Waals surface area contributed by atoms with Gasteiger partial charge in [-0.2, -0.15) is 0 Å². The number of rotatable bonds is 5. The average Bonchev–Trinajstić information content (AvgIpc) is 2.28. The molecule has 1 aliphatic rings. The molecule has 0 spiro atoms. The van der Waals surface area contributed by atoms with Crippen LogP contribution < -0.4 is 5.73 Å². The van der Waals surface area contributed by atoms with E-state index in [0.29, 0.717) is 30.3 Å². The summed E-state index contributed by atoms with van der Waals surface area (Å²) < 4.78 is 0. The number of hydrogen-bond donors (Lipinski definition) is 1. The average molecular weight is 240 g/mol. The van der Waals surface area contributed by atoms with Crippen molar-refractivity contribution in [3.63, 3.8) is 0 Å². The third-order valence-electron chi connectivity index (χ3n) is 4.05. The fourth-order valence-electron chi connectivity index (χ4n) is 2.77. The van der Waals surface area contributed by atoms with Crippen LogP contribution in [0.5, 0.6) is 0 Å². The van der Waals surface area contributed by atoms with Crippen LogP contribution in [0.15, 0.2) is 0 Å². The van der Waals surface area contributed by atoms with Crippen molar-refractivity contribution in [2.45, 2.75) is 70.9 Å². The van der Waals surface area contributed by atoms with Gasteiger partial charge in [0.05, 0.1) is 0 Å². The summed E-state index contributed by atoms with van der Waals surface area (Å²) in [6.07, 6.45) is 7.44. The van der Waals surface area contributed by atoms with Gasteiger partial charge in [-0.1, -0.05) is 19.8 Å². The fraction of sp³-hybridized carbons (Fsp3) is 0.929. The zero-order chi connectivity index (χ0) is 12.8. The Morgan fingerprint density at radius 1 is 1.47 bits per heavy atom. The van der Waals surface area contributed by atoms with Gasteiger partial charge in [0.1, 0.15) is 0 Å². The predicted octanol–water partition coefficient (Wildman–Crippen LogP) is 2.54. The summed E-state index contributed by atoms with van der Waals surface area (Å²) in [5.41, 5.74) is 5.96. The number of nitrogens with zero attached hydrogens (tertiary/aromatic N) is 1.